The average molecular weight is 325 g/mol. The van der Waals surface area contributed by atoms with Gasteiger partial charge in [-0.05, 0) is 37.4 Å². The van der Waals surface area contributed by atoms with Crippen molar-refractivity contribution < 1.29 is 4.74 Å². The van der Waals surface area contributed by atoms with Gasteiger partial charge in [0.25, 0.3) is 0 Å². The lowest BCUT2D eigenvalue weighted by atomic mass is 10.1. The third-order valence-electron chi connectivity index (χ3n) is 4.20. The van der Waals surface area contributed by atoms with Crippen molar-refractivity contribution in [2.45, 2.75) is 26.0 Å². The van der Waals surface area contributed by atoms with Crippen LogP contribution >= 0.6 is 11.3 Å². The number of aromatic nitrogens is 2. The second-order valence-corrected chi connectivity index (χ2v) is 6.96. The van der Waals surface area contributed by atoms with Crippen LogP contribution in [0.25, 0.3) is 21.6 Å². The molecule has 2 atom stereocenters. The summed E-state index contributed by atoms with van der Waals surface area (Å²) < 4.78 is 5.77. The molecule has 4 rings (SSSR count). The monoisotopic (exact) mass is 325 g/mol. The maximum Gasteiger partial charge on any atom is 0.172 e. The number of thiophene rings is 1. The first-order valence-electron chi connectivity index (χ1n) is 7.91. The zero-order valence-electron chi connectivity index (χ0n) is 13.3. The van der Waals surface area contributed by atoms with E-state index in [0.717, 1.165) is 40.6 Å². The highest BCUT2D eigenvalue weighted by atomic mass is 32.1. The van der Waals surface area contributed by atoms with Crippen LogP contribution < -0.4 is 4.90 Å². The second kappa shape index (κ2) is 5.91. The minimum absolute atomic E-state index is 0.213. The lowest BCUT2D eigenvalue weighted by Gasteiger charge is -2.38. The van der Waals surface area contributed by atoms with Crippen LogP contribution in [0.4, 0.5) is 5.82 Å². The number of morpholine rings is 1. The molecular formula is C18H19N3OS. The summed E-state index contributed by atoms with van der Waals surface area (Å²) in [7, 11) is 0. The summed E-state index contributed by atoms with van der Waals surface area (Å²) in [5, 5.41) is 3.17. The molecule has 23 heavy (non-hydrogen) atoms. The van der Waals surface area contributed by atoms with Crippen LogP contribution in [0.1, 0.15) is 13.8 Å². The van der Waals surface area contributed by atoms with E-state index in [4.69, 9.17) is 14.7 Å². The number of nitrogens with zero attached hydrogens (tertiary/aromatic N) is 3. The molecule has 0 aliphatic carbocycles. The summed E-state index contributed by atoms with van der Waals surface area (Å²) >= 11 is 1.67. The Morgan fingerprint density at radius 1 is 1.13 bits per heavy atom. The lowest BCUT2D eigenvalue weighted by Crippen LogP contribution is -2.48. The highest BCUT2D eigenvalue weighted by Crippen LogP contribution is 2.31. The maximum absolute atomic E-state index is 5.77. The van der Waals surface area contributed by atoms with Crippen molar-refractivity contribution in [1.82, 2.24) is 9.97 Å². The van der Waals surface area contributed by atoms with Crippen LogP contribution in [0.2, 0.25) is 0 Å². The SMILES string of the molecule is CC1CN(c2nc(-c3cccs3)nc3ccccc23)C(C)CO1. The molecule has 1 saturated heterocycles. The highest BCUT2D eigenvalue weighted by molar-refractivity contribution is 7.13. The third-order valence-corrected chi connectivity index (χ3v) is 5.07. The van der Waals surface area contributed by atoms with E-state index in [2.05, 4.69) is 48.4 Å². The van der Waals surface area contributed by atoms with Crippen LogP contribution in [0.15, 0.2) is 41.8 Å². The van der Waals surface area contributed by atoms with Gasteiger partial charge in [0.05, 0.1) is 29.1 Å². The average Bonchev–Trinajstić information content (AvgIpc) is 3.11. The van der Waals surface area contributed by atoms with Crippen LogP contribution in [0, 0.1) is 0 Å². The lowest BCUT2D eigenvalue weighted by molar-refractivity contribution is 0.0342. The van der Waals surface area contributed by atoms with Crippen molar-refractivity contribution in [1.29, 1.82) is 0 Å². The Hall–Kier alpha value is -1.98. The van der Waals surface area contributed by atoms with Crippen molar-refractivity contribution in [3.05, 3.63) is 41.8 Å². The van der Waals surface area contributed by atoms with E-state index in [1.54, 1.807) is 11.3 Å². The topological polar surface area (TPSA) is 38.2 Å². The molecule has 0 amide bonds. The van der Waals surface area contributed by atoms with Crippen molar-refractivity contribution >= 4 is 28.1 Å². The standard InChI is InChI=1S/C18H19N3OS/c1-12-11-22-13(2)10-21(12)18-14-6-3-4-7-15(14)19-17(20-18)16-8-5-9-23-16/h3-9,12-13H,10-11H2,1-2H3. The summed E-state index contributed by atoms with van der Waals surface area (Å²) in [4.78, 5) is 13.1. The van der Waals surface area contributed by atoms with E-state index in [1.807, 2.05) is 12.1 Å². The van der Waals surface area contributed by atoms with Gasteiger partial charge in [0, 0.05) is 11.9 Å². The molecule has 2 unspecified atom stereocenters. The molecule has 0 bridgehead atoms. The Morgan fingerprint density at radius 2 is 2.00 bits per heavy atom. The van der Waals surface area contributed by atoms with E-state index in [0.29, 0.717) is 6.04 Å². The van der Waals surface area contributed by atoms with Crippen LogP contribution in [-0.4, -0.2) is 35.3 Å². The molecule has 1 aliphatic heterocycles. The van der Waals surface area contributed by atoms with Crippen molar-refractivity contribution in [2.24, 2.45) is 0 Å². The van der Waals surface area contributed by atoms with Crippen LogP contribution in [-0.2, 0) is 4.74 Å². The fourth-order valence-corrected chi connectivity index (χ4v) is 3.65. The van der Waals surface area contributed by atoms with Gasteiger partial charge < -0.3 is 9.64 Å². The number of ether oxygens (including phenoxy) is 1. The molecule has 0 N–H and O–H groups in total. The zero-order valence-corrected chi connectivity index (χ0v) is 14.1. The molecule has 3 heterocycles. The normalized spacial score (nSPS) is 21.7. The van der Waals surface area contributed by atoms with Crippen molar-refractivity contribution in [3.8, 4) is 10.7 Å². The molecule has 1 fully saturated rings. The molecule has 0 radical (unpaired) electrons. The number of rotatable bonds is 2. The van der Waals surface area contributed by atoms with Gasteiger partial charge in [0.2, 0.25) is 0 Å². The molecule has 1 aromatic carbocycles. The van der Waals surface area contributed by atoms with E-state index >= 15 is 0 Å². The Balaban J connectivity index is 1.90. The van der Waals surface area contributed by atoms with Gasteiger partial charge in [0.1, 0.15) is 5.82 Å². The predicted octanol–water partition coefficient (Wildman–Crippen LogP) is 3.97. The number of para-hydroxylation sites is 1. The molecule has 3 aromatic rings. The Morgan fingerprint density at radius 3 is 2.83 bits per heavy atom. The van der Waals surface area contributed by atoms with Crippen LogP contribution in [0.5, 0.6) is 0 Å². The minimum Gasteiger partial charge on any atom is -0.375 e. The molecule has 1 aliphatic rings. The first-order valence-corrected chi connectivity index (χ1v) is 8.79. The van der Waals surface area contributed by atoms with Gasteiger partial charge in [-0.25, -0.2) is 9.97 Å². The quantitative estimate of drug-likeness (QED) is 0.714. The van der Waals surface area contributed by atoms with E-state index in [1.165, 1.54) is 0 Å². The molecule has 5 heteroatoms. The number of fused-ring (bicyclic) bond motifs is 1. The molecule has 118 valence electrons. The largest absolute Gasteiger partial charge is 0.375 e. The third kappa shape index (κ3) is 2.71. The number of anilines is 1. The van der Waals surface area contributed by atoms with Gasteiger partial charge in [-0.3, -0.25) is 0 Å². The smallest absolute Gasteiger partial charge is 0.172 e. The van der Waals surface area contributed by atoms with Gasteiger partial charge in [-0.15, -0.1) is 11.3 Å². The van der Waals surface area contributed by atoms with Gasteiger partial charge in [-0.2, -0.15) is 0 Å². The summed E-state index contributed by atoms with van der Waals surface area (Å²) in [6.07, 6.45) is 0.213. The molecule has 2 aromatic heterocycles. The van der Waals surface area contributed by atoms with E-state index < -0.39 is 0 Å². The summed E-state index contributed by atoms with van der Waals surface area (Å²) in [5.41, 5.74) is 0.993. The summed E-state index contributed by atoms with van der Waals surface area (Å²) in [6.45, 7) is 5.88. The predicted molar refractivity (Wildman–Crippen MR) is 95.1 cm³/mol. The molecule has 0 saturated carbocycles. The van der Waals surface area contributed by atoms with Gasteiger partial charge in [0.15, 0.2) is 5.82 Å². The minimum atomic E-state index is 0.213. The summed E-state index contributed by atoms with van der Waals surface area (Å²) in [6, 6.07) is 12.7. The Labute approximate surface area is 139 Å². The van der Waals surface area contributed by atoms with E-state index in [9.17, 15) is 0 Å². The number of hydrogen-bond acceptors (Lipinski definition) is 5. The number of hydrogen-bond donors (Lipinski definition) is 0. The van der Waals surface area contributed by atoms with Gasteiger partial charge >= 0.3 is 0 Å². The summed E-state index contributed by atoms with van der Waals surface area (Å²) in [5.74, 6) is 1.82. The zero-order chi connectivity index (χ0) is 15.8. The first kappa shape index (κ1) is 14.6. The van der Waals surface area contributed by atoms with Gasteiger partial charge in [-0.1, -0.05) is 18.2 Å². The molecule has 4 nitrogen and oxygen atoms in total. The van der Waals surface area contributed by atoms with E-state index in [-0.39, 0.29) is 6.10 Å². The Kier molecular flexibility index (Phi) is 3.75. The first-order chi connectivity index (χ1) is 11.2. The van der Waals surface area contributed by atoms with Crippen molar-refractivity contribution in [2.75, 3.05) is 18.1 Å². The fourth-order valence-electron chi connectivity index (χ4n) is 2.99. The molecular weight excluding hydrogens is 306 g/mol. The second-order valence-electron chi connectivity index (χ2n) is 6.01. The van der Waals surface area contributed by atoms with Crippen molar-refractivity contribution in [3.63, 3.8) is 0 Å². The highest BCUT2D eigenvalue weighted by Gasteiger charge is 2.26. The molecule has 0 spiro atoms. The fraction of sp³-hybridized carbons (Fsp3) is 0.333. The van der Waals surface area contributed by atoms with Crippen LogP contribution in [0.3, 0.4) is 0 Å². The number of benzene rings is 1. The maximum atomic E-state index is 5.77. The Bertz CT molecular complexity index is 818.